The fourth-order valence-corrected chi connectivity index (χ4v) is 2.85. The van der Waals surface area contributed by atoms with E-state index >= 15 is 0 Å². The molecule has 0 radical (unpaired) electrons. The van der Waals surface area contributed by atoms with Gasteiger partial charge in [0.2, 0.25) is 5.91 Å². The molecule has 1 aliphatic rings. The number of rotatable bonds is 5. The third-order valence-corrected chi connectivity index (χ3v) is 4.08. The number of hydrogen-bond donors (Lipinski definition) is 0. The summed E-state index contributed by atoms with van der Waals surface area (Å²) in [6.45, 7) is 4.14. The van der Waals surface area contributed by atoms with Gasteiger partial charge in [-0.15, -0.1) is 5.10 Å². The van der Waals surface area contributed by atoms with E-state index in [0.717, 1.165) is 19.5 Å². The first-order chi connectivity index (χ1) is 11.6. The van der Waals surface area contributed by atoms with Crippen molar-refractivity contribution in [2.45, 2.75) is 32.9 Å². The van der Waals surface area contributed by atoms with E-state index in [1.807, 2.05) is 4.90 Å². The van der Waals surface area contributed by atoms with Crippen LogP contribution < -0.4 is 4.74 Å². The summed E-state index contributed by atoms with van der Waals surface area (Å²) < 4.78 is 20.1. The molecule has 7 heteroatoms. The van der Waals surface area contributed by atoms with Gasteiger partial charge in [-0.2, -0.15) is 0 Å². The lowest BCUT2D eigenvalue weighted by molar-refractivity contribution is -0.133. The van der Waals surface area contributed by atoms with E-state index in [0.29, 0.717) is 17.4 Å². The highest BCUT2D eigenvalue weighted by Gasteiger charge is 2.21. The SMILES string of the molecule is C[C@H]1CCCN(C(=O)Cn2cc(COc3cccc(F)c3)nn2)C1. The smallest absolute Gasteiger partial charge is 0.244 e. The highest BCUT2D eigenvalue weighted by molar-refractivity contribution is 5.76. The number of likely N-dealkylation sites (tertiary alicyclic amines) is 1. The zero-order chi connectivity index (χ0) is 16.9. The standard InChI is InChI=1S/C17H21FN4O2/c1-13-4-3-7-21(9-13)17(23)11-22-10-15(19-20-22)12-24-16-6-2-5-14(18)8-16/h2,5-6,8,10,13H,3-4,7,9,11-12H2,1H3/t13-/m0/s1. The predicted molar refractivity (Wildman–Crippen MR) is 85.7 cm³/mol. The summed E-state index contributed by atoms with van der Waals surface area (Å²) >= 11 is 0. The number of halogens is 1. The number of carbonyl (C=O) groups excluding carboxylic acids is 1. The number of hydrogen-bond acceptors (Lipinski definition) is 4. The second-order valence-corrected chi connectivity index (χ2v) is 6.24. The van der Waals surface area contributed by atoms with Gasteiger partial charge in [-0.3, -0.25) is 4.79 Å². The van der Waals surface area contributed by atoms with Gasteiger partial charge in [0.25, 0.3) is 0 Å². The van der Waals surface area contributed by atoms with Crippen LogP contribution in [0.2, 0.25) is 0 Å². The molecule has 1 atom stereocenters. The third kappa shape index (κ3) is 4.31. The lowest BCUT2D eigenvalue weighted by Gasteiger charge is -2.30. The zero-order valence-electron chi connectivity index (χ0n) is 13.7. The maximum absolute atomic E-state index is 13.1. The van der Waals surface area contributed by atoms with Gasteiger partial charge >= 0.3 is 0 Å². The van der Waals surface area contributed by atoms with Crippen molar-refractivity contribution in [2.75, 3.05) is 13.1 Å². The van der Waals surface area contributed by atoms with Crippen LogP contribution in [-0.2, 0) is 17.9 Å². The molecule has 2 heterocycles. The van der Waals surface area contributed by atoms with E-state index in [4.69, 9.17) is 4.74 Å². The summed E-state index contributed by atoms with van der Waals surface area (Å²) in [5.74, 6) is 0.693. The molecular formula is C17H21FN4O2. The van der Waals surface area contributed by atoms with E-state index in [9.17, 15) is 9.18 Å². The predicted octanol–water partition coefficient (Wildman–Crippen LogP) is 2.25. The molecule has 6 nitrogen and oxygen atoms in total. The molecule has 1 amide bonds. The molecule has 0 bridgehead atoms. The Labute approximate surface area is 140 Å². The molecule has 1 saturated heterocycles. The lowest BCUT2D eigenvalue weighted by Crippen LogP contribution is -2.40. The molecule has 0 spiro atoms. The molecule has 3 rings (SSSR count). The van der Waals surface area contributed by atoms with Crippen LogP contribution in [0.1, 0.15) is 25.5 Å². The van der Waals surface area contributed by atoms with Gasteiger partial charge in [0.1, 0.15) is 30.4 Å². The summed E-state index contributed by atoms with van der Waals surface area (Å²) in [5, 5.41) is 7.96. The fourth-order valence-electron chi connectivity index (χ4n) is 2.85. The molecule has 0 N–H and O–H groups in total. The molecule has 1 aliphatic heterocycles. The Morgan fingerprint density at radius 2 is 2.33 bits per heavy atom. The Bertz CT molecular complexity index is 703. The van der Waals surface area contributed by atoms with Crippen molar-refractivity contribution in [3.63, 3.8) is 0 Å². The molecule has 1 aromatic heterocycles. The minimum atomic E-state index is -0.350. The van der Waals surface area contributed by atoms with Crippen molar-refractivity contribution in [3.8, 4) is 5.75 Å². The normalized spacial score (nSPS) is 17.8. The van der Waals surface area contributed by atoms with Gasteiger partial charge in [0, 0.05) is 19.2 Å². The van der Waals surface area contributed by atoms with E-state index in [1.54, 1.807) is 18.3 Å². The van der Waals surface area contributed by atoms with Gasteiger partial charge in [-0.05, 0) is 30.9 Å². The summed E-state index contributed by atoms with van der Waals surface area (Å²) in [6.07, 6.45) is 3.91. The molecule has 2 aromatic rings. The number of benzene rings is 1. The van der Waals surface area contributed by atoms with Crippen molar-refractivity contribution in [3.05, 3.63) is 42.0 Å². The second-order valence-electron chi connectivity index (χ2n) is 6.24. The van der Waals surface area contributed by atoms with Crippen molar-refractivity contribution in [1.29, 1.82) is 0 Å². The van der Waals surface area contributed by atoms with Crippen molar-refractivity contribution in [2.24, 2.45) is 5.92 Å². The monoisotopic (exact) mass is 332 g/mol. The molecule has 24 heavy (non-hydrogen) atoms. The summed E-state index contributed by atoms with van der Waals surface area (Å²) in [6, 6.07) is 5.93. The molecule has 0 unspecified atom stereocenters. The van der Waals surface area contributed by atoms with E-state index < -0.39 is 0 Å². The van der Waals surface area contributed by atoms with Gasteiger partial charge in [0.05, 0.1) is 6.20 Å². The van der Waals surface area contributed by atoms with Crippen LogP contribution in [0.4, 0.5) is 4.39 Å². The van der Waals surface area contributed by atoms with Crippen LogP contribution in [0.3, 0.4) is 0 Å². The van der Waals surface area contributed by atoms with Crippen LogP contribution >= 0.6 is 0 Å². The minimum absolute atomic E-state index is 0.0593. The third-order valence-electron chi connectivity index (χ3n) is 4.08. The summed E-state index contributed by atoms with van der Waals surface area (Å²) in [4.78, 5) is 14.2. The first kappa shape index (κ1) is 16.4. The fraction of sp³-hybridized carbons (Fsp3) is 0.471. The maximum atomic E-state index is 13.1. The highest BCUT2D eigenvalue weighted by atomic mass is 19.1. The zero-order valence-corrected chi connectivity index (χ0v) is 13.7. The number of ether oxygens (including phenoxy) is 1. The van der Waals surface area contributed by atoms with Crippen LogP contribution in [0, 0.1) is 11.7 Å². The van der Waals surface area contributed by atoms with E-state index in [1.165, 1.54) is 23.2 Å². The average molecular weight is 332 g/mol. The van der Waals surface area contributed by atoms with Crippen molar-refractivity contribution >= 4 is 5.91 Å². The largest absolute Gasteiger partial charge is 0.487 e. The Kier molecular flexibility index (Phi) is 5.08. The molecule has 0 aliphatic carbocycles. The Morgan fingerprint density at radius 3 is 3.12 bits per heavy atom. The quantitative estimate of drug-likeness (QED) is 0.843. The number of amides is 1. The Balaban J connectivity index is 1.52. The second kappa shape index (κ2) is 7.42. The lowest BCUT2D eigenvalue weighted by atomic mass is 10.0. The van der Waals surface area contributed by atoms with Crippen molar-refractivity contribution < 1.29 is 13.9 Å². The highest BCUT2D eigenvalue weighted by Crippen LogP contribution is 2.16. The minimum Gasteiger partial charge on any atom is -0.487 e. The van der Waals surface area contributed by atoms with Crippen molar-refractivity contribution in [1.82, 2.24) is 19.9 Å². The maximum Gasteiger partial charge on any atom is 0.244 e. The van der Waals surface area contributed by atoms with Gasteiger partial charge in [-0.1, -0.05) is 18.2 Å². The Morgan fingerprint density at radius 1 is 1.46 bits per heavy atom. The van der Waals surface area contributed by atoms with E-state index in [-0.39, 0.29) is 24.9 Å². The first-order valence-electron chi connectivity index (χ1n) is 8.15. The average Bonchev–Trinajstić information content (AvgIpc) is 3.00. The molecule has 128 valence electrons. The van der Waals surface area contributed by atoms with E-state index in [2.05, 4.69) is 17.2 Å². The molecule has 0 saturated carbocycles. The number of nitrogens with zero attached hydrogens (tertiary/aromatic N) is 4. The van der Waals surface area contributed by atoms with Crippen LogP contribution in [0.25, 0.3) is 0 Å². The summed E-state index contributed by atoms with van der Waals surface area (Å²) in [5.41, 5.74) is 0.596. The summed E-state index contributed by atoms with van der Waals surface area (Å²) in [7, 11) is 0. The Hall–Kier alpha value is -2.44. The van der Waals surface area contributed by atoms with Gasteiger partial charge < -0.3 is 9.64 Å². The number of carbonyl (C=O) groups is 1. The molecule has 1 fully saturated rings. The molecular weight excluding hydrogens is 311 g/mol. The van der Waals surface area contributed by atoms with Gasteiger partial charge in [-0.25, -0.2) is 9.07 Å². The van der Waals surface area contributed by atoms with Crippen LogP contribution in [0.5, 0.6) is 5.75 Å². The van der Waals surface area contributed by atoms with Gasteiger partial charge in [0.15, 0.2) is 0 Å². The first-order valence-corrected chi connectivity index (χ1v) is 8.15. The number of aromatic nitrogens is 3. The van der Waals surface area contributed by atoms with Crippen LogP contribution in [0.15, 0.2) is 30.5 Å². The number of piperidine rings is 1. The van der Waals surface area contributed by atoms with Crippen LogP contribution in [-0.4, -0.2) is 38.9 Å². The topological polar surface area (TPSA) is 60.2 Å². The molecule has 1 aromatic carbocycles.